The van der Waals surface area contributed by atoms with E-state index < -0.39 is 10.0 Å². The maximum Gasteiger partial charge on any atom is 0.243 e. The molecule has 3 nitrogen and oxygen atoms in total. The Morgan fingerprint density at radius 1 is 1.26 bits per heavy atom. The molecule has 1 fully saturated rings. The number of aryl methyl sites for hydroxylation is 1. The van der Waals surface area contributed by atoms with Crippen molar-refractivity contribution in [2.75, 3.05) is 0 Å². The molecule has 0 spiro atoms. The number of rotatable bonds is 1. The minimum atomic E-state index is -3.30. The maximum absolute atomic E-state index is 12.8. The first-order valence-electron chi connectivity index (χ1n) is 7.04. The lowest BCUT2D eigenvalue weighted by Gasteiger charge is -2.36. The molecule has 3 rings (SSSR count). The Kier molecular flexibility index (Phi) is 2.98. The van der Waals surface area contributed by atoms with Crippen LogP contribution in [0.25, 0.3) is 0 Å². The molecule has 0 saturated carbocycles. The van der Waals surface area contributed by atoms with Gasteiger partial charge in [0.15, 0.2) is 0 Å². The van der Waals surface area contributed by atoms with Crippen molar-refractivity contribution in [1.29, 1.82) is 0 Å². The van der Waals surface area contributed by atoms with E-state index in [1.54, 1.807) is 10.4 Å². The van der Waals surface area contributed by atoms with Crippen LogP contribution in [0, 0.1) is 12.8 Å². The van der Waals surface area contributed by atoms with Gasteiger partial charge in [0.05, 0.1) is 4.90 Å². The molecular formula is C15H21NO2S. The van der Waals surface area contributed by atoms with E-state index in [1.165, 1.54) is 0 Å². The summed E-state index contributed by atoms with van der Waals surface area (Å²) >= 11 is 0. The van der Waals surface area contributed by atoms with Crippen molar-refractivity contribution >= 4 is 10.0 Å². The fraction of sp³-hybridized carbons (Fsp3) is 0.600. The largest absolute Gasteiger partial charge is 0.243 e. The van der Waals surface area contributed by atoms with Crippen LogP contribution in [0.1, 0.15) is 37.8 Å². The zero-order chi connectivity index (χ0) is 13.8. The van der Waals surface area contributed by atoms with E-state index in [1.807, 2.05) is 19.1 Å². The molecule has 0 radical (unpaired) electrons. The zero-order valence-electron chi connectivity index (χ0n) is 11.8. The van der Waals surface area contributed by atoms with Gasteiger partial charge in [0.1, 0.15) is 0 Å². The summed E-state index contributed by atoms with van der Waals surface area (Å²) < 4.78 is 27.5. The summed E-state index contributed by atoms with van der Waals surface area (Å²) in [5.41, 5.74) is 2.14. The molecule has 0 unspecified atom stereocenters. The summed E-state index contributed by atoms with van der Waals surface area (Å²) in [5.74, 6) is 0.381. The number of benzene rings is 1. The SMILES string of the molecule is Cc1ccc2c(c1)C[C@@H]1CC[C@H](C(C)C)N1S2(=O)=O. The highest BCUT2D eigenvalue weighted by Crippen LogP contribution is 2.41. The van der Waals surface area contributed by atoms with E-state index in [0.717, 1.165) is 30.4 Å². The van der Waals surface area contributed by atoms with E-state index in [4.69, 9.17) is 0 Å². The van der Waals surface area contributed by atoms with Crippen molar-refractivity contribution in [3.63, 3.8) is 0 Å². The molecule has 2 heterocycles. The molecule has 0 aliphatic carbocycles. The highest BCUT2D eigenvalue weighted by molar-refractivity contribution is 7.89. The Morgan fingerprint density at radius 2 is 2.00 bits per heavy atom. The van der Waals surface area contributed by atoms with E-state index >= 15 is 0 Å². The molecule has 4 heteroatoms. The predicted molar refractivity (Wildman–Crippen MR) is 75.6 cm³/mol. The lowest BCUT2D eigenvalue weighted by molar-refractivity contribution is 0.262. The second-order valence-corrected chi connectivity index (χ2v) is 8.00. The molecule has 0 amide bonds. The molecule has 1 saturated heterocycles. The average Bonchev–Trinajstić information content (AvgIpc) is 2.73. The van der Waals surface area contributed by atoms with Crippen LogP contribution >= 0.6 is 0 Å². The van der Waals surface area contributed by atoms with Gasteiger partial charge in [-0.05, 0) is 43.7 Å². The van der Waals surface area contributed by atoms with Crippen LogP contribution in [0.15, 0.2) is 23.1 Å². The highest BCUT2D eigenvalue weighted by Gasteiger charge is 2.46. The van der Waals surface area contributed by atoms with Crippen LogP contribution < -0.4 is 0 Å². The Bertz CT molecular complexity index is 607. The standard InChI is InChI=1S/C15H21NO2S/c1-10(2)14-6-5-13-9-12-8-11(3)4-7-15(12)19(17,18)16(13)14/h4,7-8,10,13-14H,5-6,9H2,1-3H3/t13-,14+/m0/s1. The summed E-state index contributed by atoms with van der Waals surface area (Å²) in [7, 11) is -3.30. The van der Waals surface area contributed by atoms with Crippen molar-refractivity contribution in [2.45, 2.75) is 57.0 Å². The van der Waals surface area contributed by atoms with E-state index in [2.05, 4.69) is 13.8 Å². The lowest BCUT2D eigenvalue weighted by Crippen LogP contribution is -2.47. The number of fused-ring (bicyclic) bond motifs is 2. The van der Waals surface area contributed by atoms with Gasteiger partial charge in [0, 0.05) is 12.1 Å². The lowest BCUT2D eigenvalue weighted by atomic mass is 10.0. The van der Waals surface area contributed by atoms with Gasteiger partial charge in [0.25, 0.3) is 0 Å². The third-order valence-electron chi connectivity index (χ3n) is 4.48. The molecule has 0 N–H and O–H groups in total. The molecule has 19 heavy (non-hydrogen) atoms. The molecular weight excluding hydrogens is 258 g/mol. The molecule has 2 aliphatic rings. The van der Waals surface area contributed by atoms with Crippen molar-refractivity contribution in [3.8, 4) is 0 Å². The monoisotopic (exact) mass is 279 g/mol. The Hall–Kier alpha value is -0.870. The van der Waals surface area contributed by atoms with Crippen LogP contribution in [0.5, 0.6) is 0 Å². The summed E-state index contributed by atoms with van der Waals surface area (Å²) in [6.45, 7) is 6.26. The van der Waals surface area contributed by atoms with E-state index in [-0.39, 0.29) is 12.1 Å². The van der Waals surface area contributed by atoms with Crippen molar-refractivity contribution < 1.29 is 8.42 Å². The van der Waals surface area contributed by atoms with Gasteiger partial charge in [-0.2, -0.15) is 4.31 Å². The summed E-state index contributed by atoms with van der Waals surface area (Å²) in [4.78, 5) is 0.530. The van der Waals surface area contributed by atoms with Gasteiger partial charge in [0.2, 0.25) is 10.0 Å². The summed E-state index contributed by atoms with van der Waals surface area (Å²) in [5, 5.41) is 0. The molecule has 0 bridgehead atoms. The first-order chi connectivity index (χ1) is 8.91. The van der Waals surface area contributed by atoms with Crippen molar-refractivity contribution in [1.82, 2.24) is 4.31 Å². The Balaban J connectivity index is 2.12. The topological polar surface area (TPSA) is 37.4 Å². The minimum absolute atomic E-state index is 0.171. The minimum Gasteiger partial charge on any atom is -0.207 e. The fourth-order valence-electron chi connectivity index (χ4n) is 3.57. The quantitative estimate of drug-likeness (QED) is 0.792. The second kappa shape index (κ2) is 4.32. The number of sulfonamides is 1. The number of nitrogens with zero attached hydrogens (tertiary/aromatic N) is 1. The van der Waals surface area contributed by atoms with Gasteiger partial charge < -0.3 is 0 Å². The van der Waals surface area contributed by atoms with Gasteiger partial charge in [-0.15, -0.1) is 0 Å². The van der Waals surface area contributed by atoms with Crippen LogP contribution in [-0.4, -0.2) is 24.8 Å². The first kappa shape index (κ1) is 13.1. The smallest absolute Gasteiger partial charge is 0.207 e. The van der Waals surface area contributed by atoms with Gasteiger partial charge in [-0.25, -0.2) is 8.42 Å². The molecule has 2 aliphatic heterocycles. The third kappa shape index (κ3) is 1.93. The van der Waals surface area contributed by atoms with Crippen LogP contribution in [-0.2, 0) is 16.4 Å². The number of hydrogen-bond donors (Lipinski definition) is 0. The average molecular weight is 279 g/mol. The molecule has 2 atom stereocenters. The third-order valence-corrected chi connectivity index (χ3v) is 6.56. The summed E-state index contributed by atoms with van der Waals surface area (Å²) in [6.07, 6.45) is 2.86. The number of hydrogen-bond acceptors (Lipinski definition) is 2. The van der Waals surface area contributed by atoms with Crippen molar-refractivity contribution in [2.24, 2.45) is 5.92 Å². The van der Waals surface area contributed by atoms with Gasteiger partial charge >= 0.3 is 0 Å². The molecule has 104 valence electrons. The Morgan fingerprint density at radius 3 is 2.68 bits per heavy atom. The maximum atomic E-state index is 12.8. The fourth-order valence-corrected chi connectivity index (χ4v) is 5.79. The van der Waals surface area contributed by atoms with E-state index in [9.17, 15) is 8.42 Å². The van der Waals surface area contributed by atoms with Crippen molar-refractivity contribution in [3.05, 3.63) is 29.3 Å². The molecule has 1 aromatic carbocycles. The molecule has 1 aromatic rings. The van der Waals surface area contributed by atoms with Crippen LogP contribution in [0.2, 0.25) is 0 Å². The normalized spacial score (nSPS) is 29.3. The van der Waals surface area contributed by atoms with Gasteiger partial charge in [-0.3, -0.25) is 0 Å². The first-order valence-corrected chi connectivity index (χ1v) is 8.48. The predicted octanol–water partition coefficient (Wildman–Crippen LogP) is 2.73. The van der Waals surface area contributed by atoms with Crippen LogP contribution in [0.4, 0.5) is 0 Å². The summed E-state index contributed by atoms with van der Waals surface area (Å²) in [6, 6.07) is 6.06. The van der Waals surface area contributed by atoms with E-state index in [0.29, 0.717) is 10.8 Å². The second-order valence-electron chi connectivity index (χ2n) is 6.19. The Labute approximate surface area is 115 Å². The van der Waals surface area contributed by atoms with Gasteiger partial charge in [-0.1, -0.05) is 31.5 Å². The zero-order valence-corrected chi connectivity index (χ0v) is 12.6. The molecule has 0 aromatic heterocycles. The van der Waals surface area contributed by atoms with Crippen LogP contribution in [0.3, 0.4) is 0 Å². The highest BCUT2D eigenvalue weighted by atomic mass is 32.2.